The number of sulfonamides is 1. The number of carbonyl (C=O) groups is 7. The number of aromatic carboxylic acids is 1. The minimum atomic E-state index is -5.68. The third-order valence-electron chi connectivity index (χ3n) is 24.4. The van der Waals surface area contributed by atoms with Crippen LogP contribution >= 0.6 is 0 Å². The van der Waals surface area contributed by atoms with E-state index in [9.17, 15) is 115 Å². The summed E-state index contributed by atoms with van der Waals surface area (Å²) in [5.41, 5.74) is 10.7. The number of nitrogens with zero attached hydrogens (tertiary/aromatic N) is 2. The zero-order chi connectivity index (χ0) is 107. The Kier molecular flexibility index (Phi) is 38.6. The van der Waals surface area contributed by atoms with E-state index in [2.05, 4.69) is 47.0 Å². The highest BCUT2D eigenvalue weighted by Gasteiger charge is 2.46. The van der Waals surface area contributed by atoms with Crippen LogP contribution in [0.1, 0.15) is 180 Å². The molecular formula is C109H112F10N4O22S2. The van der Waals surface area contributed by atoms with Gasteiger partial charge in [-0.1, -0.05) is 232 Å². The molecule has 6 N–H and O–H groups in total. The first-order valence-electron chi connectivity index (χ1n) is 46.8. The number of aliphatic hydroxyl groups is 1. The van der Waals surface area contributed by atoms with E-state index in [1.54, 1.807) is 77.1 Å². The van der Waals surface area contributed by atoms with Gasteiger partial charge in [0, 0.05) is 30.6 Å². The Hall–Kier alpha value is -13.9. The molecule has 14 rings (SSSR count). The molecule has 11 aromatic carbocycles. The number of anilines is 1. The van der Waals surface area contributed by atoms with Crippen molar-refractivity contribution < 1.29 is 148 Å². The number of rotatable bonds is 34. The predicted octanol–water partition coefficient (Wildman–Crippen LogP) is 20.6. The Morgan fingerprint density at radius 3 is 1.18 bits per heavy atom. The molecule has 0 saturated heterocycles. The lowest BCUT2D eigenvalue weighted by molar-refractivity contribution is -0.164. The fraction of sp³-hybridized carbons (Fsp3) is 0.330. The van der Waals surface area contributed by atoms with Crippen LogP contribution in [0, 0.1) is 64.1 Å². The van der Waals surface area contributed by atoms with Gasteiger partial charge in [-0.3, -0.25) is 9.59 Å². The molecule has 38 heteroatoms. The van der Waals surface area contributed by atoms with Crippen LogP contribution in [0.3, 0.4) is 0 Å². The Balaban J connectivity index is 0.000000188. The summed E-state index contributed by atoms with van der Waals surface area (Å²) in [5.74, 6) is -34.4. The molecule has 26 nitrogen and oxygen atoms in total. The molecule has 3 aliphatic carbocycles. The minimum absolute atomic E-state index is 0.0110. The number of phenols is 1. The zero-order valence-corrected chi connectivity index (χ0v) is 83.5. The number of likely N-dealkylation sites (N-methyl/N-ethyl adjacent to an activating group) is 1. The number of ether oxygens (including phenoxy) is 7. The maximum Gasteiger partial charge on any atom is 0.407 e. The van der Waals surface area contributed by atoms with Gasteiger partial charge in [0.1, 0.15) is 46.7 Å². The van der Waals surface area contributed by atoms with Crippen molar-refractivity contribution in [2.24, 2.45) is 5.92 Å². The van der Waals surface area contributed by atoms with E-state index < -0.39 is 207 Å². The quantitative estimate of drug-likeness (QED) is 0.00545. The Labute approximate surface area is 843 Å². The summed E-state index contributed by atoms with van der Waals surface area (Å²) in [6, 6.07) is 65.8. The van der Waals surface area contributed by atoms with Crippen LogP contribution in [0.4, 0.5) is 59.2 Å². The summed E-state index contributed by atoms with van der Waals surface area (Å²) in [4.78, 5) is 85.0. The number of aliphatic carboxylic acids is 1. The molecular weight excluding hydrogens is 1970 g/mol. The average molecular weight is 2080 g/mol. The van der Waals surface area contributed by atoms with E-state index in [0.29, 0.717) is 30.7 Å². The van der Waals surface area contributed by atoms with Crippen molar-refractivity contribution in [1.82, 2.24) is 14.9 Å². The first kappa shape index (κ1) is 113. The molecule has 782 valence electrons. The Morgan fingerprint density at radius 1 is 0.435 bits per heavy atom. The predicted molar refractivity (Wildman–Crippen MR) is 522 cm³/mol. The van der Waals surface area contributed by atoms with E-state index in [1.165, 1.54) is 27.7 Å². The van der Waals surface area contributed by atoms with Gasteiger partial charge in [0.05, 0.1) is 62.5 Å². The number of halogens is 10. The van der Waals surface area contributed by atoms with Gasteiger partial charge in [-0.2, -0.15) is 4.31 Å². The number of hydrogen-bond acceptors (Lipinski definition) is 20. The van der Waals surface area contributed by atoms with Crippen LogP contribution < -0.4 is 15.5 Å². The molecule has 0 heterocycles. The fourth-order valence-corrected chi connectivity index (χ4v) is 20.2. The molecule has 8 atom stereocenters. The van der Waals surface area contributed by atoms with Gasteiger partial charge in [-0.05, 0) is 172 Å². The van der Waals surface area contributed by atoms with Crippen molar-refractivity contribution in [2.45, 2.75) is 209 Å². The molecule has 0 bridgehead atoms. The second kappa shape index (κ2) is 50.0. The number of carboxylic acid groups (broad SMARTS) is 2. The van der Waals surface area contributed by atoms with Gasteiger partial charge in [-0.25, -0.2) is 84.7 Å². The van der Waals surface area contributed by atoms with Gasteiger partial charge in [0.25, 0.3) is 0 Å². The smallest absolute Gasteiger partial charge is 0.407 e. The average Bonchev–Trinajstić information content (AvgIpc) is 1.74. The summed E-state index contributed by atoms with van der Waals surface area (Å²) in [7, 11) is -10.3. The molecule has 3 amide bonds. The van der Waals surface area contributed by atoms with Gasteiger partial charge in [0.15, 0.2) is 73.4 Å². The van der Waals surface area contributed by atoms with Crippen molar-refractivity contribution in [3.05, 3.63) is 344 Å². The number of nitrogens with one attached hydrogen (secondary N) is 2. The summed E-state index contributed by atoms with van der Waals surface area (Å²) in [6.45, 7) is 16.0. The number of hydrogen-bond donors (Lipinski definition) is 6. The van der Waals surface area contributed by atoms with Crippen LogP contribution in [-0.2, 0) is 98.6 Å². The third kappa shape index (κ3) is 28.7. The second-order valence-electron chi connectivity index (χ2n) is 37.2. The normalized spacial score (nSPS) is 14.6. The van der Waals surface area contributed by atoms with Crippen molar-refractivity contribution in [2.75, 3.05) is 30.9 Å². The lowest BCUT2D eigenvalue weighted by atomic mass is 9.84. The van der Waals surface area contributed by atoms with Crippen molar-refractivity contribution >= 4 is 67.5 Å². The highest BCUT2D eigenvalue weighted by atomic mass is 32.2. The molecule has 0 radical (unpaired) electrons. The summed E-state index contributed by atoms with van der Waals surface area (Å²) in [6.07, 6.45) is -0.575. The molecule has 0 aromatic heterocycles. The van der Waals surface area contributed by atoms with Crippen LogP contribution in [0.5, 0.6) is 5.75 Å². The monoisotopic (exact) mass is 2080 g/mol. The van der Waals surface area contributed by atoms with Crippen molar-refractivity contribution in [1.29, 1.82) is 0 Å². The van der Waals surface area contributed by atoms with Gasteiger partial charge in [-0.15, -0.1) is 0 Å². The van der Waals surface area contributed by atoms with E-state index in [-0.39, 0.29) is 54.8 Å². The van der Waals surface area contributed by atoms with Crippen molar-refractivity contribution in [3.8, 4) is 28.0 Å². The number of carboxylic acids is 2. The van der Waals surface area contributed by atoms with Crippen LogP contribution in [-0.4, -0.2) is 163 Å². The molecule has 147 heavy (non-hydrogen) atoms. The molecule has 11 aromatic rings. The number of amides is 3. The van der Waals surface area contributed by atoms with Crippen LogP contribution in [0.25, 0.3) is 22.3 Å². The highest BCUT2D eigenvalue weighted by Crippen LogP contribution is 2.47. The third-order valence-corrected chi connectivity index (χ3v) is 28.1. The zero-order valence-electron chi connectivity index (χ0n) is 81.9. The molecule has 0 aliphatic heterocycles. The van der Waals surface area contributed by atoms with Crippen molar-refractivity contribution in [3.63, 3.8) is 0 Å². The molecule has 0 spiro atoms. The topological polar surface area (TPSA) is 364 Å². The number of sulfone groups is 1. The van der Waals surface area contributed by atoms with E-state index >= 15 is 0 Å². The molecule has 0 unspecified atom stereocenters. The lowest BCUT2D eigenvalue weighted by Crippen LogP contribution is -2.54. The molecule has 1 saturated carbocycles. The first-order valence-corrected chi connectivity index (χ1v) is 49.9. The van der Waals surface area contributed by atoms with Gasteiger partial charge >= 0.3 is 36.1 Å². The van der Waals surface area contributed by atoms with E-state index in [4.69, 9.17) is 33.2 Å². The van der Waals surface area contributed by atoms with E-state index in [0.717, 1.165) is 123 Å². The number of benzene rings is 11. The van der Waals surface area contributed by atoms with Gasteiger partial charge in [0.2, 0.25) is 27.6 Å². The fourth-order valence-electron chi connectivity index (χ4n) is 16.9. The van der Waals surface area contributed by atoms with E-state index in [1.807, 2.05) is 133 Å². The maximum atomic E-state index is 14.6. The number of esters is 2. The summed E-state index contributed by atoms with van der Waals surface area (Å²) < 4.78 is 231. The molecule has 1 fully saturated rings. The SMILES string of the molecule is C[C@@H](O)[C@@H](C(=O)N(Cc1ccc(C2CCCCC2)cc1)c1ccc(C(=O)O)c(O)c1)N(C)S(=O)(=O)c1c(F)c(F)c(F)c(F)c1F.C[C@@H](OCc1ccccc1)[C@H](CS(=O)(=O)c1c(F)c(F)c(F)c(F)c1F)C(=O)OC(C)(C)C.C[C@@H](OCc1ccccc1)[C@H](NC(=O)OCC1c2ccccc2-c2ccccc21)C(=O)O.C[C@@H](OCc1ccccc1)[C@H](NC(=O)OCC1c2ccccc2-c2ccccc21)C(=O)OC(C)(C)C. The van der Waals surface area contributed by atoms with Gasteiger partial charge < -0.3 is 69.1 Å². The maximum absolute atomic E-state index is 14.6. The Bertz CT molecular complexity index is 6620. The van der Waals surface area contributed by atoms with Crippen LogP contribution in [0.2, 0.25) is 0 Å². The largest absolute Gasteiger partial charge is 0.507 e. The minimum Gasteiger partial charge on any atom is -0.507 e. The number of carbonyl (C=O) groups excluding carboxylic acids is 5. The van der Waals surface area contributed by atoms with Crippen LogP contribution in [0.15, 0.2) is 240 Å². The summed E-state index contributed by atoms with van der Waals surface area (Å²) in [5, 5.41) is 45.0. The summed E-state index contributed by atoms with van der Waals surface area (Å²) >= 11 is 0. The first-order chi connectivity index (χ1) is 69.5. The lowest BCUT2D eigenvalue weighted by Gasteiger charge is -2.34. The number of aromatic hydroxyl groups is 1. The number of fused-ring (bicyclic) bond motifs is 6. The highest BCUT2D eigenvalue weighted by molar-refractivity contribution is 7.91. The number of aliphatic hydroxyl groups excluding tert-OH is 1. The number of alkyl carbamates (subject to hydrolysis) is 2. The molecule has 3 aliphatic rings. The Morgan fingerprint density at radius 2 is 0.796 bits per heavy atom. The standard InChI is InChI=1S/C31H31F5N2O7S.C30H33NO5.C26H25NO5.C22H23F5O5S/c1-16(39)28(37(2)46(44,45)29-26(35)24(33)23(32)25(34)27(29)36)30(41)38(20-12-13-21(31(42)43)22(40)14-20)15-17-8-10-19(11-9-17)18-6-4-3-5-7-18;1-20(34-18-21-12-6-5-7-13-21)27(28(32)36-30(2,3)4)31-29(33)35-19-26-24-16-10-8-14-22(24)23-15-9-11-17-25(23)26;1-17(31-15-18-9-3-2-4-10-18)24(25(28)29)27-26(30)32-16-23-21-13-7-5-11-19(21)20-12-6-8-14-22(20)23;1-12(31-10-13-8-6-5-7-9-13)14(21(28)32-22(2,3)4)11-33(29,30)20-18(26)16(24)15(23)17(25)19(20)27/h8-14,16,18,28,39-40H,3-7,15H2,1-2H3,(H,42,43);5-17,20,26-27H,18-19H2,1-4H3,(H,31,33);2-14,17,23-24H,15-16H2,1H3,(H,27,30)(H,28,29);5-9,12,14H,10-11H2,1-4H3/t16-,28+;20-,27+;17-,24+;12-,14+/m1111/s1. The second-order valence-corrected chi connectivity index (χ2v) is 41.1.